The lowest BCUT2D eigenvalue weighted by Gasteiger charge is -2.10. The van der Waals surface area contributed by atoms with E-state index in [1.807, 2.05) is 0 Å². The van der Waals surface area contributed by atoms with Crippen LogP contribution in [0.4, 0.5) is 0 Å². The third kappa shape index (κ3) is 5.68. The van der Waals surface area contributed by atoms with Crippen LogP contribution in [0, 0.1) is 11.3 Å². The fourth-order valence-electron chi connectivity index (χ4n) is 2.10. The van der Waals surface area contributed by atoms with E-state index < -0.39 is 5.97 Å². The molecule has 1 rings (SSSR count). The van der Waals surface area contributed by atoms with Crippen LogP contribution < -0.4 is 0 Å². The number of nitriles is 1. The predicted molar refractivity (Wildman–Crippen MR) is 87.3 cm³/mol. The molecule has 0 fully saturated rings. The average Bonchev–Trinajstić information content (AvgIpc) is 2.45. The van der Waals surface area contributed by atoms with Crippen LogP contribution in [0.25, 0.3) is 0 Å². The van der Waals surface area contributed by atoms with Crippen LogP contribution in [0.5, 0.6) is 5.75 Å². The first-order chi connectivity index (χ1) is 9.97. The van der Waals surface area contributed by atoms with Gasteiger partial charge in [0.05, 0.1) is 20.6 Å². The van der Waals surface area contributed by atoms with E-state index in [-0.39, 0.29) is 12.2 Å². The number of carboxylic acids is 1. The molecular weight excluding hydrogens is 402 g/mol. The number of aromatic hydroxyl groups is 1. The van der Waals surface area contributed by atoms with Crippen molar-refractivity contribution in [3.63, 3.8) is 0 Å². The fourth-order valence-corrected chi connectivity index (χ4v) is 3.42. The maximum atomic E-state index is 10.4. The van der Waals surface area contributed by atoms with Gasteiger partial charge in [-0.2, -0.15) is 5.26 Å². The molecule has 0 aliphatic heterocycles. The molecular formula is C15H17Br2NO3. The molecule has 4 nitrogen and oxygen atoms in total. The second-order valence-corrected chi connectivity index (χ2v) is 6.47. The van der Waals surface area contributed by atoms with Crippen LogP contribution in [0.15, 0.2) is 15.0 Å². The van der Waals surface area contributed by atoms with Gasteiger partial charge in [-0.15, -0.1) is 0 Å². The Morgan fingerprint density at radius 2 is 1.81 bits per heavy atom. The van der Waals surface area contributed by atoms with Crippen LogP contribution in [0.1, 0.15) is 49.7 Å². The number of benzene rings is 1. The zero-order valence-corrected chi connectivity index (χ0v) is 14.7. The second kappa shape index (κ2) is 9.06. The van der Waals surface area contributed by atoms with Crippen molar-refractivity contribution in [3.05, 3.63) is 26.1 Å². The molecule has 0 unspecified atom stereocenters. The van der Waals surface area contributed by atoms with Gasteiger partial charge in [-0.1, -0.05) is 19.3 Å². The zero-order valence-electron chi connectivity index (χ0n) is 11.5. The van der Waals surface area contributed by atoms with Gasteiger partial charge in [-0.25, -0.2) is 0 Å². The van der Waals surface area contributed by atoms with Gasteiger partial charge >= 0.3 is 5.97 Å². The highest BCUT2D eigenvalue weighted by Crippen LogP contribution is 2.37. The van der Waals surface area contributed by atoms with Crippen LogP contribution in [0.2, 0.25) is 0 Å². The number of halogens is 2. The summed E-state index contributed by atoms with van der Waals surface area (Å²) in [4.78, 5) is 10.4. The monoisotopic (exact) mass is 417 g/mol. The summed E-state index contributed by atoms with van der Waals surface area (Å²) in [6.07, 6.45) is 5.42. The smallest absolute Gasteiger partial charge is 0.303 e. The highest BCUT2D eigenvalue weighted by molar-refractivity contribution is 9.11. The maximum absolute atomic E-state index is 10.4. The van der Waals surface area contributed by atoms with E-state index >= 15 is 0 Å². The van der Waals surface area contributed by atoms with Gasteiger partial charge < -0.3 is 10.2 Å². The Morgan fingerprint density at radius 1 is 1.19 bits per heavy atom. The first-order valence-corrected chi connectivity index (χ1v) is 8.37. The molecule has 0 heterocycles. The Morgan fingerprint density at radius 3 is 2.43 bits per heavy atom. The average molecular weight is 419 g/mol. The molecule has 0 aromatic heterocycles. The highest BCUT2D eigenvalue weighted by atomic mass is 79.9. The molecule has 0 saturated carbocycles. The largest absolute Gasteiger partial charge is 0.506 e. The summed E-state index contributed by atoms with van der Waals surface area (Å²) in [6.45, 7) is 0. The van der Waals surface area contributed by atoms with Crippen LogP contribution in [-0.4, -0.2) is 16.2 Å². The van der Waals surface area contributed by atoms with Gasteiger partial charge in [0.25, 0.3) is 0 Å². The number of phenols is 1. The number of nitrogens with zero attached hydrogens (tertiary/aromatic N) is 1. The topological polar surface area (TPSA) is 81.3 Å². The fraction of sp³-hybridized carbons (Fsp3) is 0.467. The minimum Gasteiger partial charge on any atom is -0.506 e. The van der Waals surface area contributed by atoms with Crippen LogP contribution in [-0.2, 0) is 11.2 Å². The number of hydrogen-bond acceptors (Lipinski definition) is 3. The number of unbranched alkanes of at least 4 members (excludes halogenated alkanes) is 4. The van der Waals surface area contributed by atoms with Crippen LogP contribution in [0.3, 0.4) is 0 Å². The molecule has 0 aliphatic rings. The van der Waals surface area contributed by atoms with E-state index in [9.17, 15) is 9.90 Å². The molecule has 0 spiro atoms. The van der Waals surface area contributed by atoms with Crippen molar-refractivity contribution in [2.45, 2.75) is 44.9 Å². The second-order valence-electron chi connectivity index (χ2n) is 4.82. The number of aliphatic carboxylic acids is 1. The van der Waals surface area contributed by atoms with E-state index in [2.05, 4.69) is 37.9 Å². The number of carboxylic acid groups (broad SMARTS) is 1. The Labute approximate surface area is 141 Å². The number of carbonyl (C=O) groups is 1. The molecule has 2 N–H and O–H groups in total. The van der Waals surface area contributed by atoms with E-state index in [4.69, 9.17) is 10.4 Å². The van der Waals surface area contributed by atoms with Crippen molar-refractivity contribution < 1.29 is 15.0 Å². The van der Waals surface area contributed by atoms with Gasteiger partial charge in [-0.3, -0.25) is 4.79 Å². The normalized spacial score (nSPS) is 10.3. The van der Waals surface area contributed by atoms with Crippen molar-refractivity contribution in [2.75, 3.05) is 0 Å². The quantitative estimate of drug-likeness (QED) is 0.596. The standard InChI is InChI=1S/C15H17Br2NO3/c16-12-8-10(9-18)11(14(17)15(12)21)6-4-2-1-3-5-7-13(19)20/h8,21H,1-7H2,(H,19,20). The van der Waals surface area contributed by atoms with E-state index in [0.29, 0.717) is 27.4 Å². The summed E-state index contributed by atoms with van der Waals surface area (Å²) >= 11 is 6.55. The highest BCUT2D eigenvalue weighted by Gasteiger charge is 2.14. The van der Waals surface area contributed by atoms with Crippen LogP contribution >= 0.6 is 31.9 Å². The zero-order chi connectivity index (χ0) is 15.8. The predicted octanol–water partition coefficient (Wildman–Crippen LogP) is 4.76. The molecule has 114 valence electrons. The minimum absolute atomic E-state index is 0.116. The number of phenolic OH excluding ortho intramolecular Hbond substituents is 1. The molecule has 0 radical (unpaired) electrons. The Kier molecular flexibility index (Phi) is 7.76. The number of rotatable bonds is 8. The lowest BCUT2D eigenvalue weighted by atomic mass is 10.0. The maximum Gasteiger partial charge on any atom is 0.303 e. The Balaban J connectivity index is 2.47. The molecule has 0 saturated heterocycles. The van der Waals surface area contributed by atoms with Gasteiger partial charge in [0, 0.05) is 6.42 Å². The van der Waals surface area contributed by atoms with Crippen molar-refractivity contribution in [3.8, 4) is 11.8 Å². The summed E-state index contributed by atoms with van der Waals surface area (Å²) in [5.41, 5.74) is 1.38. The van der Waals surface area contributed by atoms with E-state index in [1.165, 1.54) is 0 Å². The summed E-state index contributed by atoms with van der Waals surface area (Å²) in [7, 11) is 0. The lowest BCUT2D eigenvalue weighted by Crippen LogP contribution is -1.95. The first kappa shape index (κ1) is 18.0. The molecule has 0 bridgehead atoms. The van der Waals surface area contributed by atoms with Crippen molar-refractivity contribution in [2.24, 2.45) is 0 Å². The first-order valence-electron chi connectivity index (χ1n) is 6.79. The summed E-state index contributed by atoms with van der Waals surface area (Å²) in [5, 5.41) is 27.6. The summed E-state index contributed by atoms with van der Waals surface area (Å²) in [5.74, 6) is -0.631. The van der Waals surface area contributed by atoms with Gasteiger partial charge in [0.2, 0.25) is 0 Å². The Bertz CT molecular complexity index is 553. The molecule has 21 heavy (non-hydrogen) atoms. The molecule has 0 aliphatic carbocycles. The molecule has 6 heteroatoms. The number of hydrogen-bond donors (Lipinski definition) is 2. The van der Waals surface area contributed by atoms with E-state index in [0.717, 1.165) is 31.2 Å². The third-order valence-corrected chi connectivity index (χ3v) is 4.69. The third-order valence-electron chi connectivity index (χ3n) is 3.23. The molecule has 1 aromatic rings. The van der Waals surface area contributed by atoms with Gasteiger partial charge in [0.15, 0.2) is 0 Å². The van der Waals surface area contributed by atoms with Crippen molar-refractivity contribution >= 4 is 37.8 Å². The van der Waals surface area contributed by atoms with Crippen molar-refractivity contribution in [1.29, 1.82) is 5.26 Å². The van der Waals surface area contributed by atoms with Gasteiger partial charge in [0.1, 0.15) is 5.75 Å². The molecule has 0 atom stereocenters. The lowest BCUT2D eigenvalue weighted by molar-refractivity contribution is -0.137. The summed E-state index contributed by atoms with van der Waals surface area (Å²) in [6, 6.07) is 3.77. The SMILES string of the molecule is N#Cc1cc(Br)c(O)c(Br)c1CCCCCCCC(=O)O. The van der Waals surface area contributed by atoms with Crippen molar-refractivity contribution in [1.82, 2.24) is 0 Å². The van der Waals surface area contributed by atoms with E-state index in [1.54, 1.807) is 6.07 Å². The minimum atomic E-state index is -0.747. The Hall–Kier alpha value is -1.06. The summed E-state index contributed by atoms with van der Waals surface area (Å²) < 4.78 is 1.07. The molecule has 0 amide bonds. The molecule has 1 aromatic carbocycles. The van der Waals surface area contributed by atoms with Gasteiger partial charge in [-0.05, 0) is 62.8 Å².